The molecule has 0 unspecified atom stereocenters. The van der Waals surface area contributed by atoms with Crippen molar-refractivity contribution < 1.29 is 14.3 Å². The third-order valence-corrected chi connectivity index (χ3v) is 5.21. The van der Waals surface area contributed by atoms with E-state index in [0.717, 1.165) is 18.6 Å². The molecular weight excluding hydrogens is 242 g/mol. The standard InChI is InChI=1S/C15H19NO3/c1-18-14-9-11-12(19-14)5-7-16-13(17)8-10-4-2-3-6-15(10,11)16/h5,9-10,14H,2-4,6-8H2,1H3/t10-,14-,15-/m0/s1. The molecule has 0 aromatic heterocycles. The fourth-order valence-electron chi connectivity index (χ4n) is 4.41. The van der Waals surface area contributed by atoms with Gasteiger partial charge in [-0.3, -0.25) is 4.79 Å². The second-order valence-corrected chi connectivity index (χ2v) is 5.95. The zero-order valence-corrected chi connectivity index (χ0v) is 11.2. The van der Waals surface area contributed by atoms with Crippen LogP contribution in [0.25, 0.3) is 0 Å². The van der Waals surface area contributed by atoms with E-state index in [1.165, 1.54) is 18.4 Å². The lowest BCUT2D eigenvalue weighted by molar-refractivity contribution is -0.130. The number of amides is 1. The van der Waals surface area contributed by atoms with E-state index in [1.54, 1.807) is 7.11 Å². The van der Waals surface area contributed by atoms with Gasteiger partial charge in [-0.1, -0.05) is 12.8 Å². The number of carbonyl (C=O) groups is 1. The second-order valence-electron chi connectivity index (χ2n) is 5.95. The molecule has 0 N–H and O–H groups in total. The molecule has 1 saturated heterocycles. The van der Waals surface area contributed by atoms with Gasteiger partial charge < -0.3 is 14.4 Å². The van der Waals surface area contributed by atoms with E-state index in [1.807, 2.05) is 6.08 Å². The molecule has 0 bridgehead atoms. The molecule has 4 nitrogen and oxygen atoms in total. The predicted molar refractivity (Wildman–Crippen MR) is 69.1 cm³/mol. The molecule has 1 amide bonds. The van der Waals surface area contributed by atoms with E-state index in [0.29, 0.717) is 24.8 Å². The van der Waals surface area contributed by atoms with E-state index in [2.05, 4.69) is 11.0 Å². The molecule has 3 aliphatic heterocycles. The van der Waals surface area contributed by atoms with Crippen LogP contribution in [-0.2, 0) is 14.3 Å². The van der Waals surface area contributed by atoms with Crippen LogP contribution in [0.1, 0.15) is 32.1 Å². The lowest BCUT2D eigenvalue weighted by Crippen LogP contribution is -2.54. The maximum absolute atomic E-state index is 12.3. The van der Waals surface area contributed by atoms with Crippen molar-refractivity contribution >= 4 is 5.91 Å². The maximum atomic E-state index is 12.3. The second kappa shape index (κ2) is 3.85. The highest BCUT2D eigenvalue weighted by atomic mass is 16.7. The number of carbonyl (C=O) groups excluding carboxylic acids is 1. The van der Waals surface area contributed by atoms with Crippen molar-refractivity contribution in [1.82, 2.24) is 4.90 Å². The summed E-state index contributed by atoms with van der Waals surface area (Å²) in [5, 5.41) is 0. The molecule has 3 heterocycles. The molecular formula is C15H19NO3. The van der Waals surface area contributed by atoms with Crippen LogP contribution in [0.15, 0.2) is 23.5 Å². The Bertz CT molecular complexity index is 496. The van der Waals surface area contributed by atoms with Crippen LogP contribution in [0, 0.1) is 5.92 Å². The molecule has 4 heteroatoms. The summed E-state index contributed by atoms with van der Waals surface area (Å²) >= 11 is 0. The van der Waals surface area contributed by atoms with Crippen molar-refractivity contribution in [2.24, 2.45) is 5.92 Å². The van der Waals surface area contributed by atoms with Crippen LogP contribution >= 0.6 is 0 Å². The Labute approximate surface area is 113 Å². The monoisotopic (exact) mass is 261 g/mol. The largest absolute Gasteiger partial charge is 0.461 e. The molecule has 1 saturated carbocycles. The van der Waals surface area contributed by atoms with Gasteiger partial charge in [0.1, 0.15) is 5.76 Å². The van der Waals surface area contributed by atoms with Crippen LogP contribution in [0.2, 0.25) is 0 Å². The molecule has 102 valence electrons. The van der Waals surface area contributed by atoms with Gasteiger partial charge in [0.2, 0.25) is 12.2 Å². The molecule has 4 rings (SSSR count). The fraction of sp³-hybridized carbons (Fsp3) is 0.667. The Balaban J connectivity index is 1.84. The molecule has 3 atom stereocenters. The van der Waals surface area contributed by atoms with Crippen LogP contribution in [-0.4, -0.2) is 36.3 Å². The van der Waals surface area contributed by atoms with E-state index < -0.39 is 0 Å². The average molecular weight is 261 g/mol. The lowest BCUT2D eigenvalue weighted by atomic mass is 9.67. The van der Waals surface area contributed by atoms with Gasteiger partial charge in [0, 0.05) is 25.6 Å². The zero-order chi connectivity index (χ0) is 13.0. The van der Waals surface area contributed by atoms with Gasteiger partial charge in [-0.25, -0.2) is 0 Å². The van der Waals surface area contributed by atoms with E-state index in [-0.39, 0.29) is 11.8 Å². The van der Waals surface area contributed by atoms with Crippen LogP contribution in [0.3, 0.4) is 0 Å². The molecule has 1 spiro atoms. The molecule has 19 heavy (non-hydrogen) atoms. The highest BCUT2D eigenvalue weighted by Gasteiger charge is 2.58. The summed E-state index contributed by atoms with van der Waals surface area (Å²) in [5.41, 5.74) is 1.12. The van der Waals surface area contributed by atoms with Crippen molar-refractivity contribution in [3.8, 4) is 0 Å². The van der Waals surface area contributed by atoms with Gasteiger partial charge in [0.05, 0.1) is 5.54 Å². The van der Waals surface area contributed by atoms with Crippen molar-refractivity contribution in [1.29, 1.82) is 0 Å². The average Bonchev–Trinajstić information content (AvgIpc) is 2.96. The van der Waals surface area contributed by atoms with Crippen molar-refractivity contribution in [3.05, 3.63) is 23.5 Å². The molecule has 2 fully saturated rings. The number of methoxy groups -OCH3 is 1. The first-order valence-electron chi connectivity index (χ1n) is 7.18. The van der Waals surface area contributed by atoms with E-state index in [4.69, 9.17) is 9.47 Å². The summed E-state index contributed by atoms with van der Waals surface area (Å²) in [5.74, 6) is 1.72. The number of nitrogens with zero attached hydrogens (tertiary/aromatic N) is 1. The summed E-state index contributed by atoms with van der Waals surface area (Å²) in [6.45, 7) is 0.693. The smallest absolute Gasteiger partial charge is 0.223 e. The molecule has 0 aromatic carbocycles. The van der Waals surface area contributed by atoms with Crippen molar-refractivity contribution in [3.63, 3.8) is 0 Å². The zero-order valence-electron chi connectivity index (χ0n) is 11.2. The summed E-state index contributed by atoms with van der Waals surface area (Å²) < 4.78 is 11.1. The normalized spacial score (nSPS) is 40.1. The Morgan fingerprint density at radius 2 is 2.37 bits per heavy atom. The van der Waals surface area contributed by atoms with Crippen LogP contribution < -0.4 is 0 Å². The van der Waals surface area contributed by atoms with E-state index >= 15 is 0 Å². The first-order valence-corrected chi connectivity index (χ1v) is 7.18. The summed E-state index contributed by atoms with van der Waals surface area (Å²) in [6.07, 6.45) is 9.21. The SMILES string of the molecule is CO[C@@H]1C=C2C(=CCN3C(=O)C[C@@H]4CCCC[C@@]243)O1. The summed E-state index contributed by atoms with van der Waals surface area (Å²) in [6, 6.07) is 0. The van der Waals surface area contributed by atoms with Crippen molar-refractivity contribution in [2.75, 3.05) is 13.7 Å². The topological polar surface area (TPSA) is 38.8 Å². The summed E-state index contributed by atoms with van der Waals surface area (Å²) in [4.78, 5) is 14.4. The Morgan fingerprint density at radius 1 is 1.47 bits per heavy atom. The van der Waals surface area contributed by atoms with E-state index in [9.17, 15) is 4.79 Å². The summed E-state index contributed by atoms with van der Waals surface area (Å²) in [7, 11) is 1.66. The fourth-order valence-corrected chi connectivity index (χ4v) is 4.41. The highest BCUT2D eigenvalue weighted by Crippen LogP contribution is 2.55. The maximum Gasteiger partial charge on any atom is 0.223 e. The van der Waals surface area contributed by atoms with Gasteiger partial charge in [-0.15, -0.1) is 0 Å². The lowest BCUT2D eigenvalue weighted by Gasteiger charge is -2.47. The molecule has 0 radical (unpaired) electrons. The first-order chi connectivity index (χ1) is 9.25. The Hall–Kier alpha value is -1.29. The molecule has 4 aliphatic rings. The first kappa shape index (κ1) is 11.5. The van der Waals surface area contributed by atoms with Crippen molar-refractivity contribution in [2.45, 2.75) is 43.9 Å². The van der Waals surface area contributed by atoms with Crippen LogP contribution in [0.4, 0.5) is 0 Å². The molecule has 1 aliphatic carbocycles. The molecule has 0 aromatic rings. The number of rotatable bonds is 1. The third-order valence-electron chi connectivity index (χ3n) is 5.21. The quantitative estimate of drug-likeness (QED) is 0.724. The third kappa shape index (κ3) is 1.35. The van der Waals surface area contributed by atoms with Crippen LogP contribution in [0.5, 0.6) is 0 Å². The van der Waals surface area contributed by atoms with Gasteiger partial charge in [-0.2, -0.15) is 0 Å². The van der Waals surface area contributed by atoms with Gasteiger partial charge >= 0.3 is 0 Å². The minimum absolute atomic E-state index is 0.0906. The highest BCUT2D eigenvalue weighted by molar-refractivity contribution is 5.83. The predicted octanol–water partition coefficient (Wildman–Crippen LogP) is 1.97. The number of hydrogen-bond donors (Lipinski definition) is 0. The number of fused-ring (bicyclic) bond motifs is 1. The Morgan fingerprint density at radius 3 is 3.21 bits per heavy atom. The number of hydrogen-bond acceptors (Lipinski definition) is 3. The van der Waals surface area contributed by atoms with Gasteiger partial charge in [0.15, 0.2) is 0 Å². The van der Waals surface area contributed by atoms with Gasteiger partial charge in [-0.05, 0) is 30.9 Å². The van der Waals surface area contributed by atoms with Gasteiger partial charge in [0.25, 0.3) is 0 Å². The number of ether oxygens (including phenoxy) is 2. The minimum Gasteiger partial charge on any atom is -0.461 e. The minimum atomic E-state index is -0.283. The Kier molecular flexibility index (Phi) is 2.34.